The number of hydrogen-bond donors (Lipinski definition) is 0. The zero-order chi connectivity index (χ0) is 22.5. The quantitative estimate of drug-likeness (QED) is 0.281. The minimum Gasteiger partial charge on any atom is -0.497 e. The molecule has 0 saturated carbocycles. The Hall–Kier alpha value is -2.69. The second-order valence-electron chi connectivity index (χ2n) is 6.89. The molecular formula is C22H21ClF2N4O2S2. The lowest BCUT2D eigenvalue weighted by molar-refractivity contribution is -0.116. The third-order valence-corrected chi connectivity index (χ3v) is 6.73. The smallest absolute Gasteiger partial charge is 0.239 e. The Bertz CT molecular complexity index is 1200. The van der Waals surface area contributed by atoms with E-state index in [0.29, 0.717) is 29.3 Å². The fourth-order valence-corrected chi connectivity index (χ4v) is 4.94. The molecular weight excluding hydrogens is 490 g/mol. The molecule has 174 valence electrons. The molecule has 2 aromatic heterocycles. The molecule has 0 radical (unpaired) electrons. The zero-order valence-electron chi connectivity index (χ0n) is 17.6. The summed E-state index contributed by atoms with van der Waals surface area (Å²) in [6, 6.07) is 9.48. The summed E-state index contributed by atoms with van der Waals surface area (Å²) in [4.78, 5) is 23.9. The van der Waals surface area contributed by atoms with Crippen molar-refractivity contribution in [2.75, 3.05) is 24.3 Å². The SMILES string of the molecule is COc1ccc(SCC(=O)N(CCCn2ccnc2)c2nc3c(F)cc(F)cc3s2)cc1.Cl. The van der Waals surface area contributed by atoms with Crippen LogP contribution in [-0.4, -0.2) is 39.8 Å². The second kappa shape index (κ2) is 11.4. The molecule has 11 heteroatoms. The Morgan fingerprint density at radius 1 is 1.24 bits per heavy atom. The number of carbonyl (C=O) groups excluding carboxylic acids is 1. The molecule has 2 aromatic carbocycles. The first kappa shape index (κ1) is 24.9. The molecule has 4 aromatic rings. The van der Waals surface area contributed by atoms with Gasteiger partial charge in [0.15, 0.2) is 10.9 Å². The molecule has 0 aliphatic carbocycles. The number of aromatic nitrogens is 3. The van der Waals surface area contributed by atoms with E-state index in [1.807, 2.05) is 35.0 Å². The summed E-state index contributed by atoms with van der Waals surface area (Å²) < 4.78 is 35.2. The van der Waals surface area contributed by atoms with E-state index in [9.17, 15) is 13.6 Å². The van der Waals surface area contributed by atoms with Crippen LogP contribution in [0.15, 0.2) is 60.0 Å². The van der Waals surface area contributed by atoms with Crippen LogP contribution in [0, 0.1) is 11.6 Å². The predicted molar refractivity (Wildman–Crippen MR) is 130 cm³/mol. The number of methoxy groups -OCH3 is 1. The standard InChI is InChI=1S/C22H20F2N4O2S2.ClH/c1-30-16-3-5-17(6-4-16)31-13-20(29)28(9-2-8-27-10-7-25-14-27)22-26-21-18(24)11-15(23)12-19(21)32-22;/h3-7,10-12,14H,2,8-9,13H2,1H3;1H. The maximum absolute atomic E-state index is 14.2. The number of imidazole rings is 1. The maximum atomic E-state index is 14.2. The Balaban J connectivity index is 0.00000306. The summed E-state index contributed by atoms with van der Waals surface area (Å²) in [5.74, 6) is -0.634. The van der Waals surface area contributed by atoms with Gasteiger partial charge in [-0.25, -0.2) is 18.7 Å². The summed E-state index contributed by atoms with van der Waals surface area (Å²) >= 11 is 2.50. The summed E-state index contributed by atoms with van der Waals surface area (Å²) in [7, 11) is 1.60. The third kappa shape index (κ3) is 6.21. The number of rotatable bonds is 9. The van der Waals surface area contributed by atoms with Crippen molar-refractivity contribution in [3.8, 4) is 5.75 Å². The first-order valence-corrected chi connectivity index (χ1v) is 11.6. The summed E-state index contributed by atoms with van der Waals surface area (Å²) in [5.41, 5.74) is 0.0709. The predicted octanol–water partition coefficient (Wildman–Crippen LogP) is 5.42. The number of benzene rings is 2. The fourth-order valence-electron chi connectivity index (χ4n) is 3.11. The number of thioether (sulfide) groups is 1. The largest absolute Gasteiger partial charge is 0.497 e. The van der Waals surface area contributed by atoms with Crippen molar-refractivity contribution < 1.29 is 18.3 Å². The number of nitrogens with zero attached hydrogens (tertiary/aromatic N) is 4. The first-order valence-electron chi connectivity index (χ1n) is 9.82. The number of fused-ring (bicyclic) bond motifs is 1. The molecule has 0 atom stereocenters. The number of thiazole rings is 1. The minimum atomic E-state index is -0.735. The van der Waals surface area contributed by atoms with Crippen molar-refractivity contribution in [1.82, 2.24) is 14.5 Å². The van der Waals surface area contributed by atoms with Gasteiger partial charge in [0.05, 0.1) is 23.9 Å². The lowest BCUT2D eigenvalue weighted by Gasteiger charge is -2.20. The Morgan fingerprint density at radius 2 is 2.03 bits per heavy atom. The van der Waals surface area contributed by atoms with Crippen LogP contribution in [-0.2, 0) is 11.3 Å². The van der Waals surface area contributed by atoms with Gasteiger partial charge in [-0.3, -0.25) is 9.69 Å². The summed E-state index contributed by atoms with van der Waals surface area (Å²) in [5, 5.41) is 0.357. The Morgan fingerprint density at radius 3 is 2.73 bits per heavy atom. The van der Waals surface area contributed by atoms with E-state index in [1.165, 1.54) is 17.8 Å². The van der Waals surface area contributed by atoms with Crippen molar-refractivity contribution >= 4 is 56.8 Å². The highest BCUT2D eigenvalue weighted by molar-refractivity contribution is 8.00. The number of amides is 1. The highest BCUT2D eigenvalue weighted by Gasteiger charge is 2.21. The van der Waals surface area contributed by atoms with Gasteiger partial charge in [-0.15, -0.1) is 24.2 Å². The van der Waals surface area contributed by atoms with E-state index in [-0.39, 0.29) is 29.6 Å². The van der Waals surface area contributed by atoms with Crippen molar-refractivity contribution in [1.29, 1.82) is 0 Å². The van der Waals surface area contributed by atoms with Gasteiger partial charge < -0.3 is 9.30 Å². The van der Waals surface area contributed by atoms with E-state index in [1.54, 1.807) is 24.5 Å². The third-order valence-electron chi connectivity index (χ3n) is 4.71. The molecule has 0 aliphatic heterocycles. The van der Waals surface area contributed by atoms with E-state index >= 15 is 0 Å². The Labute approximate surface area is 204 Å². The van der Waals surface area contributed by atoms with Gasteiger partial charge in [0.25, 0.3) is 0 Å². The number of halogens is 3. The molecule has 6 nitrogen and oxygen atoms in total. The molecule has 33 heavy (non-hydrogen) atoms. The molecule has 4 rings (SSSR count). The molecule has 0 aliphatic rings. The van der Waals surface area contributed by atoms with Crippen molar-refractivity contribution in [2.24, 2.45) is 0 Å². The molecule has 2 heterocycles. The topological polar surface area (TPSA) is 60.2 Å². The number of carbonyl (C=O) groups is 1. The van der Waals surface area contributed by atoms with Gasteiger partial charge in [-0.05, 0) is 36.8 Å². The van der Waals surface area contributed by atoms with Gasteiger partial charge in [0.1, 0.15) is 17.1 Å². The fraction of sp³-hybridized carbons (Fsp3) is 0.227. The van der Waals surface area contributed by atoms with Crippen molar-refractivity contribution in [3.05, 3.63) is 66.8 Å². The van der Waals surface area contributed by atoms with E-state index in [2.05, 4.69) is 9.97 Å². The van der Waals surface area contributed by atoms with Gasteiger partial charge in [0.2, 0.25) is 5.91 Å². The van der Waals surface area contributed by atoms with Crippen LogP contribution in [0.4, 0.5) is 13.9 Å². The van der Waals surface area contributed by atoms with Crippen molar-refractivity contribution in [3.63, 3.8) is 0 Å². The van der Waals surface area contributed by atoms with E-state index in [0.717, 1.165) is 28.0 Å². The van der Waals surface area contributed by atoms with Gasteiger partial charge in [-0.2, -0.15) is 0 Å². The normalized spacial score (nSPS) is 10.8. The monoisotopic (exact) mass is 510 g/mol. The van der Waals surface area contributed by atoms with Crippen LogP contribution in [0.3, 0.4) is 0 Å². The Kier molecular flexibility index (Phi) is 8.65. The van der Waals surface area contributed by atoms with E-state index < -0.39 is 11.6 Å². The van der Waals surface area contributed by atoms with Crippen LogP contribution in [0.25, 0.3) is 10.2 Å². The second-order valence-corrected chi connectivity index (χ2v) is 8.95. The zero-order valence-corrected chi connectivity index (χ0v) is 20.1. The average Bonchev–Trinajstić information content (AvgIpc) is 3.45. The van der Waals surface area contributed by atoms with Crippen LogP contribution in [0.5, 0.6) is 5.75 Å². The van der Waals surface area contributed by atoms with Crippen LogP contribution < -0.4 is 9.64 Å². The molecule has 0 saturated heterocycles. The van der Waals surface area contributed by atoms with Crippen molar-refractivity contribution in [2.45, 2.75) is 17.9 Å². The lowest BCUT2D eigenvalue weighted by Crippen LogP contribution is -2.33. The first-order chi connectivity index (χ1) is 15.5. The lowest BCUT2D eigenvalue weighted by atomic mass is 10.3. The summed E-state index contributed by atoms with van der Waals surface area (Å²) in [6.45, 7) is 1.06. The molecule has 0 fully saturated rings. The van der Waals surface area contributed by atoms with Crippen LogP contribution >= 0.6 is 35.5 Å². The molecule has 1 amide bonds. The molecule has 0 spiro atoms. The number of ether oxygens (including phenoxy) is 1. The number of anilines is 1. The van der Waals surface area contributed by atoms with Gasteiger partial charge >= 0.3 is 0 Å². The van der Waals surface area contributed by atoms with Crippen LogP contribution in [0.2, 0.25) is 0 Å². The minimum absolute atomic E-state index is 0. The number of aryl methyl sites for hydroxylation is 1. The van der Waals surface area contributed by atoms with Gasteiger partial charge in [0, 0.05) is 36.4 Å². The van der Waals surface area contributed by atoms with E-state index in [4.69, 9.17) is 4.74 Å². The highest BCUT2D eigenvalue weighted by Crippen LogP contribution is 2.32. The molecule has 0 bridgehead atoms. The number of hydrogen-bond acceptors (Lipinski definition) is 6. The van der Waals surface area contributed by atoms with Crippen LogP contribution in [0.1, 0.15) is 6.42 Å². The highest BCUT2D eigenvalue weighted by atomic mass is 35.5. The summed E-state index contributed by atoms with van der Waals surface area (Å²) in [6.07, 6.45) is 5.91. The maximum Gasteiger partial charge on any atom is 0.239 e. The average molecular weight is 511 g/mol. The molecule has 0 N–H and O–H groups in total. The van der Waals surface area contributed by atoms with Gasteiger partial charge in [-0.1, -0.05) is 11.3 Å². The molecule has 0 unspecified atom stereocenters.